The van der Waals surface area contributed by atoms with Crippen molar-refractivity contribution in [3.05, 3.63) is 53.0 Å². The van der Waals surface area contributed by atoms with Crippen molar-refractivity contribution < 1.29 is 13.8 Å². The number of ketones is 2. The Balaban J connectivity index is 2.35. The van der Waals surface area contributed by atoms with E-state index in [0.29, 0.717) is 4.90 Å². The fourth-order valence-electron chi connectivity index (χ4n) is 1.42. The molecule has 0 unspecified atom stereocenters. The van der Waals surface area contributed by atoms with Crippen LogP contribution in [0.15, 0.2) is 52.3 Å². The van der Waals surface area contributed by atoms with Crippen LogP contribution in [0.5, 0.6) is 0 Å². The summed E-state index contributed by atoms with van der Waals surface area (Å²) in [7, 11) is -1.59. The highest BCUT2D eigenvalue weighted by molar-refractivity contribution is 7.90. The van der Waals surface area contributed by atoms with Crippen molar-refractivity contribution in [3.63, 3.8) is 0 Å². The zero-order valence-corrected chi connectivity index (χ0v) is 9.99. The van der Waals surface area contributed by atoms with Crippen LogP contribution in [0.1, 0.15) is 5.56 Å². The predicted molar refractivity (Wildman–Crippen MR) is 64.8 cm³/mol. The molecule has 0 spiro atoms. The molecule has 0 N–H and O–H groups in total. The third-order valence-electron chi connectivity index (χ3n) is 2.35. The van der Waals surface area contributed by atoms with Crippen LogP contribution in [0.3, 0.4) is 0 Å². The van der Waals surface area contributed by atoms with Crippen LogP contribution in [0, 0.1) is 6.92 Å². The van der Waals surface area contributed by atoms with E-state index in [0.717, 1.165) is 17.7 Å². The maximum absolute atomic E-state index is 12.1. The van der Waals surface area contributed by atoms with Crippen molar-refractivity contribution in [2.45, 2.75) is 11.8 Å². The smallest absolute Gasteiger partial charge is 0.195 e. The van der Waals surface area contributed by atoms with Gasteiger partial charge in [-0.3, -0.25) is 9.59 Å². The van der Waals surface area contributed by atoms with E-state index in [4.69, 9.17) is 0 Å². The van der Waals surface area contributed by atoms with Gasteiger partial charge in [-0.25, -0.2) is 4.21 Å². The first-order valence-corrected chi connectivity index (χ1v) is 6.19. The summed E-state index contributed by atoms with van der Waals surface area (Å²) in [6.45, 7) is 1.92. The average Bonchev–Trinajstić information content (AvgIpc) is 2.32. The van der Waals surface area contributed by atoms with Crippen molar-refractivity contribution in [2.24, 2.45) is 0 Å². The molecule has 1 aromatic carbocycles. The molecule has 4 heteroatoms. The van der Waals surface area contributed by atoms with Gasteiger partial charge in [0.1, 0.15) is 0 Å². The van der Waals surface area contributed by atoms with Gasteiger partial charge in [0.2, 0.25) is 0 Å². The van der Waals surface area contributed by atoms with Crippen LogP contribution < -0.4 is 0 Å². The minimum Gasteiger partial charge on any atom is -0.290 e. The largest absolute Gasteiger partial charge is 0.290 e. The van der Waals surface area contributed by atoms with Gasteiger partial charge >= 0.3 is 0 Å². The van der Waals surface area contributed by atoms with Gasteiger partial charge in [0, 0.05) is 11.0 Å². The van der Waals surface area contributed by atoms with Crippen molar-refractivity contribution in [2.75, 3.05) is 0 Å². The summed E-state index contributed by atoms with van der Waals surface area (Å²) in [6.07, 6.45) is 3.47. The minimum atomic E-state index is -1.59. The van der Waals surface area contributed by atoms with Gasteiger partial charge in [-0.05, 0) is 31.2 Å². The monoisotopic (exact) mass is 246 g/mol. The van der Waals surface area contributed by atoms with Crippen LogP contribution >= 0.6 is 0 Å². The molecule has 1 aliphatic rings. The van der Waals surface area contributed by atoms with Crippen LogP contribution in [0.4, 0.5) is 0 Å². The molecule has 0 aromatic heterocycles. The Morgan fingerprint density at radius 3 is 2.29 bits per heavy atom. The van der Waals surface area contributed by atoms with Crippen molar-refractivity contribution in [1.82, 2.24) is 0 Å². The van der Waals surface area contributed by atoms with Crippen molar-refractivity contribution in [1.29, 1.82) is 0 Å². The van der Waals surface area contributed by atoms with Crippen LogP contribution in [0.25, 0.3) is 0 Å². The second kappa shape index (κ2) is 4.59. The molecule has 1 aromatic rings. The zero-order valence-electron chi connectivity index (χ0n) is 9.17. The predicted octanol–water partition coefficient (Wildman–Crippen LogP) is 1.69. The number of allylic oxidation sites excluding steroid dienone is 4. The molecule has 86 valence electrons. The summed E-state index contributed by atoms with van der Waals surface area (Å²) < 4.78 is 12.1. The number of hydrogen-bond acceptors (Lipinski definition) is 3. The van der Waals surface area contributed by atoms with E-state index < -0.39 is 10.8 Å². The van der Waals surface area contributed by atoms with Crippen molar-refractivity contribution >= 4 is 22.4 Å². The normalized spacial score (nSPS) is 16.9. The number of rotatable bonds is 2. The Kier molecular flexibility index (Phi) is 3.15. The molecule has 2 rings (SSSR count). The first kappa shape index (κ1) is 11.7. The molecule has 0 heterocycles. The van der Waals surface area contributed by atoms with Gasteiger partial charge in [0.15, 0.2) is 11.6 Å². The Bertz CT molecular complexity index is 565. The minimum absolute atomic E-state index is 0.0429. The van der Waals surface area contributed by atoms with Crippen LogP contribution in [-0.4, -0.2) is 15.8 Å². The van der Waals surface area contributed by atoms with E-state index in [1.165, 1.54) is 6.08 Å². The Labute approximate surface area is 101 Å². The molecule has 0 fully saturated rings. The molecular weight excluding hydrogens is 236 g/mol. The van der Waals surface area contributed by atoms with E-state index in [9.17, 15) is 13.8 Å². The lowest BCUT2D eigenvalue weighted by molar-refractivity contribution is -0.114. The number of benzene rings is 1. The fourth-order valence-corrected chi connectivity index (χ4v) is 2.53. The van der Waals surface area contributed by atoms with Gasteiger partial charge in [-0.2, -0.15) is 0 Å². The maximum Gasteiger partial charge on any atom is 0.195 e. The van der Waals surface area contributed by atoms with Crippen LogP contribution in [0.2, 0.25) is 0 Å². The molecule has 1 aliphatic carbocycles. The summed E-state index contributed by atoms with van der Waals surface area (Å²) in [5, 5.41) is 0. The number of hydrogen-bond donors (Lipinski definition) is 0. The molecule has 0 radical (unpaired) electrons. The first-order chi connectivity index (χ1) is 8.08. The van der Waals surface area contributed by atoms with Gasteiger partial charge in [-0.15, -0.1) is 0 Å². The SMILES string of the molecule is Cc1ccc([S@](=O)C2=CC(=O)C=CC2=O)cc1. The third-order valence-corrected chi connectivity index (χ3v) is 3.77. The maximum atomic E-state index is 12.1. The third kappa shape index (κ3) is 2.47. The lowest BCUT2D eigenvalue weighted by Gasteiger charge is -2.06. The Morgan fingerprint density at radius 1 is 1.00 bits per heavy atom. The average molecular weight is 246 g/mol. The highest BCUT2D eigenvalue weighted by atomic mass is 32.2. The fraction of sp³-hybridized carbons (Fsp3) is 0.0769. The van der Waals surface area contributed by atoms with Gasteiger partial charge < -0.3 is 0 Å². The highest BCUT2D eigenvalue weighted by Gasteiger charge is 2.20. The molecule has 0 amide bonds. The number of carbonyl (C=O) groups is 2. The highest BCUT2D eigenvalue weighted by Crippen LogP contribution is 2.18. The molecule has 0 saturated heterocycles. The molecule has 0 aliphatic heterocycles. The summed E-state index contributed by atoms with van der Waals surface area (Å²) in [6, 6.07) is 7.03. The van der Waals surface area contributed by atoms with Gasteiger partial charge in [0.05, 0.1) is 15.7 Å². The molecule has 0 saturated carbocycles. The Morgan fingerprint density at radius 2 is 1.65 bits per heavy atom. The topological polar surface area (TPSA) is 51.2 Å². The van der Waals surface area contributed by atoms with E-state index in [2.05, 4.69) is 0 Å². The second-order valence-corrected chi connectivity index (χ2v) is 5.14. The molecular formula is C13H10O3S. The molecule has 17 heavy (non-hydrogen) atoms. The summed E-state index contributed by atoms with van der Waals surface area (Å²) in [5.74, 6) is -0.677. The van der Waals surface area contributed by atoms with Gasteiger partial charge in [0.25, 0.3) is 0 Å². The van der Waals surface area contributed by atoms with Gasteiger partial charge in [-0.1, -0.05) is 17.7 Å². The lowest BCUT2D eigenvalue weighted by Crippen LogP contribution is -2.12. The van der Waals surface area contributed by atoms with E-state index >= 15 is 0 Å². The quantitative estimate of drug-likeness (QED) is 0.746. The number of aryl methyl sites for hydroxylation is 1. The molecule has 0 bridgehead atoms. The van der Waals surface area contributed by atoms with E-state index in [1.54, 1.807) is 12.1 Å². The molecule has 3 nitrogen and oxygen atoms in total. The number of carbonyl (C=O) groups excluding carboxylic acids is 2. The van der Waals surface area contributed by atoms with Crippen molar-refractivity contribution in [3.8, 4) is 0 Å². The summed E-state index contributed by atoms with van der Waals surface area (Å²) >= 11 is 0. The second-order valence-electron chi connectivity index (χ2n) is 3.69. The van der Waals surface area contributed by atoms with Crippen LogP contribution in [-0.2, 0) is 20.4 Å². The summed E-state index contributed by atoms with van der Waals surface area (Å²) in [5.41, 5.74) is 1.05. The molecule has 1 atom stereocenters. The van der Waals surface area contributed by atoms with E-state index in [1.807, 2.05) is 19.1 Å². The Hall–Kier alpha value is -1.81. The zero-order chi connectivity index (χ0) is 12.4. The first-order valence-electron chi connectivity index (χ1n) is 5.04. The lowest BCUT2D eigenvalue weighted by atomic mass is 10.2. The standard InChI is InChI=1S/C13H10O3S/c1-9-2-5-11(6-3-9)17(16)13-8-10(14)4-7-12(13)15/h2-8H,1H3/t17-/m0/s1. The van der Waals surface area contributed by atoms with E-state index in [-0.39, 0.29) is 16.5 Å². The summed E-state index contributed by atoms with van der Waals surface area (Å²) in [4.78, 5) is 23.2.